The fraction of sp³-hybridized carbons (Fsp3) is 0.125. The van der Waals surface area contributed by atoms with Crippen LogP contribution in [0.2, 0.25) is 0 Å². The Balaban J connectivity index is 3.22. The van der Waals surface area contributed by atoms with E-state index in [0.29, 0.717) is 5.69 Å². The molecule has 1 aromatic carbocycles. The molecular weight excluding hydrogens is 202 g/mol. The highest BCUT2D eigenvalue weighted by Crippen LogP contribution is 2.27. The van der Waals surface area contributed by atoms with Crippen molar-refractivity contribution < 1.29 is 4.92 Å². The van der Waals surface area contributed by atoms with Crippen LogP contribution in [0.5, 0.6) is 0 Å². The number of rotatable bonds is 2. The number of aryl methyl sites for hydroxylation is 1. The normalized spacial score (nSPS) is 9.50. The van der Waals surface area contributed by atoms with Gasteiger partial charge in [0.25, 0.3) is 5.69 Å². The summed E-state index contributed by atoms with van der Waals surface area (Å²) < 4.78 is 0. The first-order valence-corrected chi connectivity index (χ1v) is 4.23. The second-order valence-corrected chi connectivity index (χ2v) is 3.16. The van der Waals surface area contributed by atoms with Crippen LogP contribution in [0.25, 0.3) is 0 Å². The van der Waals surface area contributed by atoms with Crippen molar-refractivity contribution in [2.75, 3.05) is 5.32 Å². The number of nitrogens with one attached hydrogen (secondary N) is 1. The standard InChI is InChI=1S/C8H9N3O2S/c1-5-3-2-4-6(11(12)13)7(5)10-8(9)14/h2-4H,1H3,(H3,9,10,14). The molecule has 0 aliphatic heterocycles. The second-order valence-electron chi connectivity index (χ2n) is 2.72. The molecule has 6 heteroatoms. The number of anilines is 1. The van der Waals surface area contributed by atoms with Crippen molar-refractivity contribution in [2.45, 2.75) is 6.92 Å². The van der Waals surface area contributed by atoms with E-state index in [1.807, 2.05) is 0 Å². The number of benzene rings is 1. The lowest BCUT2D eigenvalue weighted by Gasteiger charge is -2.07. The summed E-state index contributed by atoms with van der Waals surface area (Å²) in [5.74, 6) is 0. The summed E-state index contributed by atoms with van der Waals surface area (Å²) >= 11 is 4.63. The third kappa shape index (κ3) is 2.17. The van der Waals surface area contributed by atoms with Crippen LogP contribution in [0.15, 0.2) is 18.2 Å². The third-order valence-electron chi connectivity index (χ3n) is 1.70. The van der Waals surface area contributed by atoms with Crippen molar-refractivity contribution in [2.24, 2.45) is 5.73 Å². The summed E-state index contributed by atoms with van der Waals surface area (Å²) in [4.78, 5) is 10.2. The number of para-hydroxylation sites is 1. The molecule has 14 heavy (non-hydrogen) atoms. The molecule has 0 atom stereocenters. The monoisotopic (exact) mass is 211 g/mol. The number of nitrogens with two attached hydrogens (primary N) is 1. The van der Waals surface area contributed by atoms with E-state index in [9.17, 15) is 10.1 Å². The first-order chi connectivity index (χ1) is 6.52. The molecule has 0 aliphatic carbocycles. The predicted molar refractivity (Wildman–Crippen MR) is 58.2 cm³/mol. The zero-order chi connectivity index (χ0) is 10.7. The van der Waals surface area contributed by atoms with Gasteiger partial charge in [0.15, 0.2) is 5.11 Å². The van der Waals surface area contributed by atoms with E-state index < -0.39 is 4.92 Å². The minimum Gasteiger partial charge on any atom is -0.376 e. The van der Waals surface area contributed by atoms with Crippen molar-refractivity contribution in [3.8, 4) is 0 Å². The van der Waals surface area contributed by atoms with Crippen molar-refractivity contribution in [3.05, 3.63) is 33.9 Å². The fourth-order valence-corrected chi connectivity index (χ4v) is 1.19. The van der Waals surface area contributed by atoms with E-state index in [1.165, 1.54) is 6.07 Å². The first-order valence-electron chi connectivity index (χ1n) is 3.83. The molecule has 0 saturated heterocycles. The lowest BCUT2D eigenvalue weighted by molar-refractivity contribution is -0.383. The van der Waals surface area contributed by atoms with Crippen LogP contribution in [0.1, 0.15) is 5.56 Å². The van der Waals surface area contributed by atoms with E-state index in [1.54, 1.807) is 19.1 Å². The zero-order valence-corrected chi connectivity index (χ0v) is 8.30. The van der Waals surface area contributed by atoms with Gasteiger partial charge in [-0.15, -0.1) is 0 Å². The molecule has 0 amide bonds. The molecule has 74 valence electrons. The van der Waals surface area contributed by atoms with Crippen LogP contribution in [-0.2, 0) is 0 Å². The average Bonchev–Trinajstić information content (AvgIpc) is 2.07. The number of thiocarbonyl (C=S) groups is 1. The molecule has 0 unspecified atom stereocenters. The van der Waals surface area contributed by atoms with E-state index in [4.69, 9.17) is 5.73 Å². The Bertz CT molecular complexity index is 392. The smallest absolute Gasteiger partial charge is 0.293 e. The second kappa shape index (κ2) is 4.01. The van der Waals surface area contributed by atoms with Crippen LogP contribution in [-0.4, -0.2) is 10.0 Å². The fourth-order valence-electron chi connectivity index (χ4n) is 1.09. The van der Waals surface area contributed by atoms with E-state index in [2.05, 4.69) is 17.5 Å². The Hall–Kier alpha value is -1.69. The first kappa shape index (κ1) is 10.4. The maximum absolute atomic E-state index is 10.6. The molecule has 0 fully saturated rings. The van der Waals surface area contributed by atoms with Crippen molar-refractivity contribution in [1.29, 1.82) is 0 Å². The highest BCUT2D eigenvalue weighted by Gasteiger charge is 2.15. The minimum atomic E-state index is -0.479. The van der Waals surface area contributed by atoms with Gasteiger partial charge in [0, 0.05) is 6.07 Å². The summed E-state index contributed by atoms with van der Waals surface area (Å²) in [6, 6.07) is 4.75. The maximum atomic E-state index is 10.6. The van der Waals surface area contributed by atoms with Gasteiger partial charge in [0.05, 0.1) is 4.92 Å². The Morgan fingerprint density at radius 3 is 2.79 bits per heavy atom. The Labute approximate surface area is 86.1 Å². The molecule has 0 bridgehead atoms. The highest BCUT2D eigenvalue weighted by molar-refractivity contribution is 7.80. The minimum absolute atomic E-state index is 0.0161. The summed E-state index contributed by atoms with van der Waals surface area (Å²) in [6.07, 6.45) is 0. The molecule has 0 aliphatic rings. The molecule has 1 aromatic rings. The molecule has 0 spiro atoms. The molecule has 0 aromatic heterocycles. The summed E-state index contributed by atoms with van der Waals surface area (Å²) in [5.41, 5.74) is 6.31. The van der Waals surface area contributed by atoms with Gasteiger partial charge in [-0.05, 0) is 24.7 Å². The van der Waals surface area contributed by atoms with Crippen molar-refractivity contribution in [3.63, 3.8) is 0 Å². The van der Waals surface area contributed by atoms with E-state index in [-0.39, 0.29) is 10.8 Å². The SMILES string of the molecule is Cc1cccc([N+](=O)[O-])c1NC(N)=S. The Kier molecular flexibility index (Phi) is 2.98. The number of nitro benzene ring substituents is 1. The van der Waals surface area contributed by atoms with E-state index in [0.717, 1.165) is 5.56 Å². The van der Waals surface area contributed by atoms with Crippen molar-refractivity contribution >= 4 is 28.7 Å². The third-order valence-corrected chi connectivity index (χ3v) is 1.80. The molecule has 0 heterocycles. The Morgan fingerprint density at radius 2 is 2.29 bits per heavy atom. The molecular formula is C8H9N3O2S. The largest absolute Gasteiger partial charge is 0.376 e. The van der Waals surface area contributed by atoms with Crippen LogP contribution in [0.3, 0.4) is 0 Å². The molecule has 0 radical (unpaired) electrons. The predicted octanol–water partition coefficient (Wildman–Crippen LogP) is 1.56. The van der Waals surface area contributed by atoms with Gasteiger partial charge < -0.3 is 11.1 Å². The molecule has 5 nitrogen and oxygen atoms in total. The van der Waals surface area contributed by atoms with Gasteiger partial charge >= 0.3 is 0 Å². The number of nitro groups is 1. The molecule has 0 saturated carbocycles. The summed E-state index contributed by atoms with van der Waals surface area (Å²) in [6.45, 7) is 1.74. The van der Waals surface area contributed by atoms with Gasteiger partial charge in [0.2, 0.25) is 0 Å². The van der Waals surface area contributed by atoms with Crippen LogP contribution in [0.4, 0.5) is 11.4 Å². The number of hydrogen-bond donors (Lipinski definition) is 2. The summed E-state index contributed by atoms with van der Waals surface area (Å²) in [7, 11) is 0. The van der Waals surface area contributed by atoms with Crippen LogP contribution < -0.4 is 11.1 Å². The van der Waals surface area contributed by atoms with Crippen LogP contribution >= 0.6 is 12.2 Å². The van der Waals surface area contributed by atoms with Gasteiger partial charge in [-0.3, -0.25) is 10.1 Å². The van der Waals surface area contributed by atoms with Gasteiger partial charge in [-0.25, -0.2) is 0 Å². The molecule has 1 rings (SSSR count). The van der Waals surface area contributed by atoms with E-state index >= 15 is 0 Å². The average molecular weight is 211 g/mol. The number of nitrogens with zero attached hydrogens (tertiary/aromatic N) is 1. The lowest BCUT2D eigenvalue weighted by atomic mass is 10.1. The summed E-state index contributed by atoms with van der Waals surface area (Å²) in [5, 5.41) is 13.2. The van der Waals surface area contributed by atoms with Gasteiger partial charge in [-0.2, -0.15) is 0 Å². The van der Waals surface area contributed by atoms with Crippen molar-refractivity contribution in [1.82, 2.24) is 0 Å². The van der Waals surface area contributed by atoms with Gasteiger partial charge in [0.1, 0.15) is 5.69 Å². The quantitative estimate of drug-likeness (QED) is 0.440. The zero-order valence-electron chi connectivity index (χ0n) is 7.48. The lowest BCUT2D eigenvalue weighted by Crippen LogP contribution is -2.20. The number of hydrogen-bond acceptors (Lipinski definition) is 3. The molecule has 3 N–H and O–H groups in total. The Morgan fingerprint density at radius 1 is 1.64 bits per heavy atom. The van der Waals surface area contributed by atoms with Crippen LogP contribution in [0, 0.1) is 17.0 Å². The maximum Gasteiger partial charge on any atom is 0.293 e. The topological polar surface area (TPSA) is 81.2 Å². The van der Waals surface area contributed by atoms with Gasteiger partial charge in [-0.1, -0.05) is 12.1 Å². The highest BCUT2D eigenvalue weighted by atomic mass is 32.1.